The number of benzene rings is 1. The lowest BCUT2D eigenvalue weighted by Crippen LogP contribution is -2.48. The average molecular weight is 445 g/mol. The van der Waals surface area contributed by atoms with Crippen LogP contribution in [0.2, 0.25) is 0 Å². The Hall–Kier alpha value is -2.55. The molecule has 0 atom stereocenters. The molecule has 1 aromatic carbocycles. The summed E-state index contributed by atoms with van der Waals surface area (Å²) in [5.74, 6) is 3.56. The van der Waals surface area contributed by atoms with Gasteiger partial charge in [-0.2, -0.15) is 0 Å². The van der Waals surface area contributed by atoms with Crippen LogP contribution in [-0.2, 0) is 14.9 Å². The van der Waals surface area contributed by atoms with E-state index in [1.54, 1.807) is 5.56 Å². The summed E-state index contributed by atoms with van der Waals surface area (Å²) >= 11 is 0. The fourth-order valence-corrected chi connectivity index (χ4v) is 7.07. The molecule has 4 bridgehead atoms. The van der Waals surface area contributed by atoms with Crippen LogP contribution in [0.25, 0.3) is 6.08 Å². The number of fused-ring (bicyclic) bond motifs is 1. The molecule has 1 aromatic rings. The maximum atomic E-state index is 11.6. The Morgan fingerprint density at radius 1 is 1.12 bits per heavy atom. The average Bonchev–Trinajstić information content (AvgIpc) is 2.77. The highest BCUT2D eigenvalue weighted by Gasteiger charge is 2.51. The summed E-state index contributed by atoms with van der Waals surface area (Å²) in [5, 5.41) is 0. The van der Waals surface area contributed by atoms with E-state index in [1.807, 2.05) is 26.0 Å². The van der Waals surface area contributed by atoms with Gasteiger partial charge in [0, 0.05) is 11.6 Å². The van der Waals surface area contributed by atoms with Gasteiger partial charge in [0.15, 0.2) is 0 Å². The maximum Gasteiger partial charge on any atom is 0.330 e. The fraction of sp³-hybridized carbons (Fsp3) is 0.500. The third-order valence-corrected chi connectivity index (χ3v) is 8.22. The monoisotopic (exact) mass is 444 g/mol. The first-order chi connectivity index (χ1) is 15.9. The van der Waals surface area contributed by atoms with Gasteiger partial charge < -0.3 is 9.47 Å². The molecule has 4 fully saturated rings. The summed E-state index contributed by atoms with van der Waals surface area (Å²) in [6, 6.07) is 6.99. The minimum absolute atomic E-state index is 0.296. The summed E-state index contributed by atoms with van der Waals surface area (Å²) in [7, 11) is 0. The second-order valence-corrected chi connectivity index (χ2v) is 10.8. The number of hydrogen-bond donors (Lipinski definition) is 0. The van der Waals surface area contributed by atoms with Crippen LogP contribution in [0.5, 0.6) is 5.75 Å². The van der Waals surface area contributed by atoms with Crippen LogP contribution in [0, 0.1) is 17.8 Å². The van der Waals surface area contributed by atoms with Gasteiger partial charge in [-0.1, -0.05) is 24.3 Å². The topological polar surface area (TPSA) is 35.5 Å². The molecule has 33 heavy (non-hydrogen) atoms. The molecule has 0 radical (unpaired) electrons. The van der Waals surface area contributed by atoms with Crippen molar-refractivity contribution in [3.63, 3.8) is 0 Å². The van der Waals surface area contributed by atoms with Crippen LogP contribution in [0.3, 0.4) is 0 Å². The van der Waals surface area contributed by atoms with E-state index in [9.17, 15) is 4.79 Å². The molecule has 0 unspecified atom stereocenters. The van der Waals surface area contributed by atoms with E-state index in [0.717, 1.165) is 29.1 Å². The van der Waals surface area contributed by atoms with Crippen molar-refractivity contribution in [3.8, 4) is 5.75 Å². The number of carbonyl (C=O) groups excluding carboxylic acids is 1. The van der Waals surface area contributed by atoms with Crippen molar-refractivity contribution in [1.82, 2.24) is 0 Å². The quantitative estimate of drug-likeness (QED) is 0.271. The number of rotatable bonds is 6. The highest BCUT2D eigenvalue weighted by atomic mass is 16.5. The van der Waals surface area contributed by atoms with E-state index in [2.05, 4.69) is 37.3 Å². The number of ether oxygens (including phenoxy) is 2. The van der Waals surface area contributed by atoms with E-state index in [1.165, 1.54) is 61.3 Å². The number of esters is 1. The van der Waals surface area contributed by atoms with Crippen molar-refractivity contribution >= 4 is 12.0 Å². The van der Waals surface area contributed by atoms with Crippen molar-refractivity contribution in [2.75, 3.05) is 13.2 Å². The second-order valence-electron chi connectivity index (χ2n) is 10.8. The zero-order valence-corrected chi connectivity index (χ0v) is 20.2. The molecule has 3 heteroatoms. The van der Waals surface area contributed by atoms with Crippen LogP contribution in [-0.4, -0.2) is 19.2 Å². The standard InChI is InChI=1S/C30H36O3/c1-4-32-29(31)10-20(2)6-5-7-21(3)26-14-25-15-27(8-9-28(25)33-19-26)30-16-22-11-23(17-30)13-24(12-22)18-30/h5-10,14-15,22-24H,4,11-13,16-19H2,1-3H3/b6-5+,20-10+,21-7+. The second kappa shape index (κ2) is 9.00. The van der Waals surface area contributed by atoms with Gasteiger partial charge in [0.05, 0.1) is 6.61 Å². The third-order valence-electron chi connectivity index (χ3n) is 8.22. The largest absolute Gasteiger partial charge is 0.488 e. The molecule has 174 valence electrons. The van der Waals surface area contributed by atoms with Crippen LogP contribution in [0.4, 0.5) is 0 Å². The zero-order valence-electron chi connectivity index (χ0n) is 20.2. The van der Waals surface area contributed by atoms with Gasteiger partial charge in [-0.3, -0.25) is 0 Å². The molecule has 3 nitrogen and oxygen atoms in total. The van der Waals surface area contributed by atoms with Crippen LogP contribution in [0.1, 0.15) is 70.4 Å². The Kier molecular flexibility index (Phi) is 6.07. The Morgan fingerprint density at radius 2 is 1.82 bits per heavy atom. The van der Waals surface area contributed by atoms with E-state index >= 15 is 0 Å². The van der Waals surface area contributed by atoms with E-state index < -0.39 is 0 Å². The highest BCUT2D eigenvalue weighted by Crippen LogP contribution is 2.61. The third kappa shape index (κ3) is 4.60. The Balaban J connectivity index is 1.34. The highest BCUT2D eigenvalue weighted by molar-refractivity contribution is 5.83. The van der Waals surface area contributed by atoms with Gasteiger partial charge in [-0.05, 0) is 123 Å². The molecule has 0 N–H and O–H groups in total. The van der Waals surface area contributed by atoms with Crippen molar-refractivity contribution in [3.05, 3.63) is 70.3 Å². The molecule has 4 aliphatic carbocycles. The molecule has 1 heterocycles. The van der Waals surface area contributed by atoms with E-state index in [-0.39, 0.29) is 5.97 Å². The SMILES string of the molecule is CCOC(=O)/C=C(C)/C=C/C=C(\C)C1=Cc2cc(C34CC5CC(CC(C5)C3)C4)ccc2OC1. The number of hydrogen-bond acceptors (Lipinski definition) is 3. The number of allylic oxidation sites excluding steroid dienone is 4. The lowest BCUT2D eigenvalue weighted by Gasteiger charge is -2.57. The first-order valence-corrected chi connectivity index (χ1v) is 12.6. The van der Waals surface area contributed by atoms with Crippen molar-refractivity contribution in [2.24, 2.45) is 17.8 Å². The van der Waals surface area contributed by atoms with Crippen LogP contribution >= 0.6 is 0 Å². The molecule has 6 rings (SSSR count). The summed E-state index contributed by atoms with van der Waals surface area (Å²) in [4.78, 5) is 11.6. The molecular weight excluding hydrogens is 408 g/mol. The first kappa shape index (κ1) is 22.3. The van der Waals surface area contributed by atoms with Gasteiger partial charge in [-0.25, -0.2) is 4.79 Å². The predicted molar refractivity (Wildman–Crippen MR) is 133 cm³/mol. The first-order valence-electron chi connectivity index (χ1n) is 12.6. The van der Waals surface area contributed by atoms with Crippen molar-refractivity contribution in [1.29, 1.82) is 0 Å². The summed E-state index contributed by atoms with van der Waals surface area (Å²) in [5.41, 5.74) is 6.44. The van der Waals surface area contributed by atoms with E-state index in [0.29, 0.717) is 18.6 Å². The normalized spacial score (nSPS) is 30.8. The fourth-order valence-electron chi connectivity index (χ4n) is 7.07. The van der Waals surface area contributed by atoms with Crippen LogP contribution in [0.15, 0.2) is 59.2 Å². The van der Waals surface area contributed by atoms with Crippen molar-refractivity contribution in [2.45, 2.75) is 64.7 Å². The summed E-state index contributed by atoms with van der Waals surface area (Å²) < 4.78 is 11.1. The minimum atomic E-state index is -0.296. The molecule has 1 aliphatic heterocycles. The molecule has 0 spiro atoms. The molecular formula is C30H36O3. The summed E-state index contributed by atoms with van der Waals surface area (Å²) in [6.45, 7) is 6.83. The lowest BCUT2D eigenvalue weighted by atomic mass is 9.48. The molecule has 4 saturated carbocycles. The Labute approximate surface area is 198 Å². The van der Waals surface area contributed by atoms with Gasteiger partial charge in [0.1, 0.15) is 12.4 Å². The molecule has 0 saturated heterocycles. The minimum Gasteiger partial charge on any atom is -0.488 e. The Morgan fingerprint density at radius 3 is 2.48 bits per heavy atom. The van der Waals surface area contributed by atoms with Crippen molar-refractivity contribution < 1.29 is 14.3 Å². The van der Waals surface area contributed by atoms with Crippen LogP contribution < -0.4 is 4.74 Å². The van der Waals surface area contributed by atoms with Gasteiger partial charge in [-0.15, -0.1) is 0 Å². The maximum absolute atomic E-state index is 11.6. The van der Waals surface area contributed by atoms with Gasteiger partial charge in [0.2, 0.25) is 0 Å². The summed E-state index contributed by atoms with van der Waals surface area (Å²) in [6.07, 6.45) is 18.4. The van der Waals surface area contributed by atoms with E-state index in [4.69, 9.17) is 9.47 Å². The zero-order chi connectivity index (χ0) is 23.0. The smallest absolute Gasteiger partial charge is 0.330 e. The molecule has 0 aromatic heterocycles. The lowest BCUT2D eigenvalue weighted by molar-refractivity contribution is -0.137. The Bertz CT molecular complexity index is 1020. The number of carbonyl (C=O) groups is 1. The van der Waals surface area contributed by atoms with Gasteiger partial charge in [0.25, 0.3) is 0 Å². The van der Waals surface area contributed by atoms with Gasteiger partial charge >= 0.3 is 5.97 Å². The molecule has 5 aliphatic rings. The predicted octanol–water partition coefficient (Wildman–Crippen LogP) is 6.94. The molecule has 0 amide bonds.